The van der Waals surface area contributed by atoms with Crippen molar-refractivity contribution in [3.8, 4) is 0 Å². The van der Waals surface area contributed by atoms with Gasteiger partial charge in [0.15, 0.2) is 0 Å². The number of halogens is 2. The van der Waals surface area contributed by atoms with Crippen LogP contribution in [0.2, 0.25) is 0 Å². The molecule has 18 heavy (non-hydrogen) atoms. The highest BCUT2D eigenvalue weighted by Crippen LogP contribution is 2.02. The van der Waals surface area contributed by atoms with Gasteiger partial charge in [-0.1, -0.05) is 44.0 Å². The molecule has 2 unspecified atom stereocenters. The smallest absolute Gasteiger partial charge is 0.0728 e. The third kappa shape index (κ3) is 13.1. The first-order valence-electron chi connectivity index (χ1n) is 6.74. The third-order valence-corrected chi connectivity index (χ3v) is 3.59. The van der Waals surface area contributed by atoms with Crippen LogP contribution in [-0.2, 0) is 9.47 Å². The molecule has 0 aliphatic heterocycles. The van der Waals surface area contributed by atoms with Gasteiger partial charge in [-0.05, 0) is 39.5 Å². The van der Waals surface area contributed by atoms with E-state index in [-0.39, 0.29) is 12.2 Å². The van der Waals surface area contributed by atoms with Gasteiger partial charge in [0, 0.05) is 23.9 Å². The molecule has 0 bridgehead atoms. The molecular formula is C14H26Br2O2. The second-order valence-corrected chi connectivity index (χ2v) is 5.91. The molecule has 0 amide bonds. The molecule has 0 aromatic rings. The fraction of sp³-hybridized carbons (Fsp3) is 0.857. The molecule has 0 spiro atoms. The maximum absolute atomic E-state index is 5.67. The van der Waals surface area contributed by atoms with Crippen LogP contribution in [0.1, 0.15) is 39.5 Å². The van der Waals surface area contributed by atoms with Gasteiger partial charge in [0.25, 0.3) is 0 Å². The number of hydrogen-bond donors (Lipinski definition) is 0. The lowest BCUT2D eigenvalue weighted by atomic mass is 10.3. The Hall–Kier alpha value is 0.620. The molecule has 0 saturated carbocycles. The SMILES string of the molecule is CC(C=CC(C)OCCCCBr)OCCCCBr. The lowest BCUT2D eigenvalue weighted by Crippen LogP contribution is -2.10. The molecule has 0 aliphatic carbocycles. The average Bonchev–Trinajstić information content (AvgIpc) is 2.37. The van der Waals surface area contributed by atoms with E-state index in [0.29, 0.717) is 0 Å². The normalized spacial score (nSPS) is 15.1. The molecular weight excluding hydrogens is 360 g/mol. The first kappa shape index (κ1) is 18.6. The molecule has 2 atom stereocenters. The van der Waals surface area contributed by atoms with Crippen LogP contribution in [0.4, 0.5) is 0 Å². The number of hydrogen-bond acceptors (Lipinski definition) is 2. The summed E-state index contributed by atoms with van der Waals surface area (Å²) in [4.78, 5) is 0. The highest BCUT2D eigenvalue weighted by molar-refractivity contribution is 9.09. The monoisotopic (exact) mass is 384 g/mol. The number of unbranched alkanes of at least 4 members (excludes halogenated alkanes) is 2. The van der Waals surface area contributed by atoms with Crippen molar-refractivity contribution in [3.63, 3.8) is 0 Å². The quantitative estimate of drug-likeness (QED) is 0.275. The van der Waals surface area contributed by atoms with Crippen LogP contribution >= 0.6 is 31.9 Å². The van der Waals surface area contributed by atoms with Gasteiger partial charge in [-0.3, -0.25) is 0 Å². The molecule has 0 fully saturated rings. The molecule has 108 valence electrons. The van der Waals surface area contributed by atoms with Crippen LogP contribution < -0.4 is 0 Å². The van der Waals surface area contributed by atoms with E-state index >= 15 is 0 Å². The summed E-state index contributed by atoms with van der Waals surface area (Å²) in [7, 11) is 0. The zero-order chi connectivity index (χ0) is 13.6. The summed E-state index contributed by atoms with van der Waals surface area (Å²) in [5, 5.41) is 2.11. The van der Waals surface area contributed by atoms with Crippen LogP contribution in [0.15, 0.2) is 12.2 Å². The van der Waals surface area contributed by atoms with Crippen molar-refractivity contribution < 1.29 is 9.47 Å². The molecule has 0 saturated heterocycles. The summed E-state index contributed by atoms with van der Waals surface area (Å²) in [5.41, 5.74) is 0. The summed E-state index contributed by atoms with van der Waals surface area (Å²) in [5.74, 6) is 0. The maximum atomic E-state index is 5.67. The van der Waals surface area contributed by atoms with Crippen LogP contribution in [-0.4, -0.2) is 36.1 Å². The van der Waals surface area contributed by atoms with E-state index in [1.165, 1.54) is 12.8 Å². The molecule has 0 heterocycles. The van der Waals surface area contributed by atoms with E-state index in [9.17, 15) is 0 Å². The second kappa shape index (κ2) is 14.0. The fourth-order valence-corrected chi connectivity index (χ4v) is 2.15. The van der Waals surface area contributed by atoms with E-state index in [2.05, 4.69) is 57.9 Å². The average molecular weight is 386 g/mol. The predicted octanol–water partition coefficient (Wildman–Crippen LogP) is 4.70. The minimum atomic E-state index is 0.175. The number of alkyl halides is 2. The van der Waals surface area contributed by atoms with Gasteiger partial charge in [-0.25, -0.2) is 0 Å². The van der Waals surface area contributed by atoms with Gasteiger partial charge in [0.2, 0.25) is 0 Å². The van der Waals surface area contributed by atoms with Crippen LogP contribution in [0.5, 0.6) is 0 Å². The molecule has 0 aromatic heterocycles. The molecule has 4 heteroatoms. The van der Waals surface area contributed by atoms with Crippen molar-refractivity contribution in [2.75, 3.05) is 23.9 Å². The summed E-state index contributed by atoms with van der Waals surface area (Å²) in [6, 6.07) is 0. The summed E-state index contributed by atoms with van der Waals surface area (Å²) < 4.78 is 11.3. The van der Waals surface area contributed by atoms with E-state index in [1.54, 1.807) is 0 Å². The van der Waals surface area contributed by atoms with Gasteiger partial charge in [0.1, 0.15) is 0 Å². The van der Waals surface area contributed by atoms with Gasteiger partial charge in [0.05, 0.1) is 12.2 Å². The van der Waals surface area contributed by atoms with Crippen LogP contribution in [0.25, 0.3) is 0 Å². The zero-order valence-electron chi connectivity index (χ0n) is 11.5. The Bertz CT molecular complexity index is 178. The minimum Gasteiger partial charge on any atom is -0.374 e. The van der Waals surface area contributed by atoms with Crippen molar-refractivity contribution in [1.82, 2.24) is 0 Å². The van der Waals surface area contributed by atoms with Crippen molar-refractivity contribution in [2.45, 2.75) is 51.7 Å². The van der Waals surface area contributed by atoms with Gasteiger partial charge in [-0.15, -0.1) is 0 Å². The number of ether oxygens (including phenoxy) is 2. The Morgan fingerprint density at radius 3 is 1.50 bits per heavy atom. The van der Waals surface area contributed by atoms with E-state index in [4.69, 9.17) is 9.47 Å². The first-order valence-corrected chi connectivity index (χ1v) is 8.98. The largest absolute Gasteiger partial charge is 0.374 e. The van der Waals surface area contributed by atoms with Crippen molar-refractivity contribution in [1.29, 1.82) is 0 Å². The molecule has 2 nitrogen and oxygen atoms in total. The first-order chi connectivity index (χ1) is 8.70. The van der Waals surface area contributed by atoms with Crippen LogP contribution in [0.3, 0.4) is 0 Å². The van der Waals surface area contributed by atoms with E-state index in [1.807, 2.05) is 0 Å². The third-order valence-electron chi connectivity index (χ3n) is 2.47. The Kier molecular flexibility index (Phi) is 14.5. The Labute approximate surface area is 129 Å². The fourth-order valence-electron chi connectivity index (χ4n) is 1.36. The second-order valence-electron chi connectivity index (χ2n) is 4.33. The Morgan fingerprint density at radius 1 is 0.778 bits per heavy atom. The van der Waals surface area contributed by atoms with Gasteiger partial charge < -0.3 is 9.47 Å². The lowest BCUT2D eigenvalue weighted by Gasteiger charge is -2.11. The van der Waals surface area contributed by atoms with Gasteiger partial charge >= 0.3 is 0 Å². The van der Waals surface area contributed by atoms with Crippen molar-refractivity contribution in [2.24, 2.45) is 0 Å². The Morgan fingerprint density at radius 2 is 1.17 bits per heavy atom. The summed E-state index contributed by atoms with van der Waals surface area (Å²) in [6.45, 7) is 5.81. The summed E-state index contributed by atoms with van der Waals surface area (Å²) in [6.07, 6.45) is 9.09. The molecule has 0 aliphatic rings. The highest BCUT2D eigenvalue weighted by Gasteiger charge is 2.00. The molecule has 0 rings (SSSR count). The lowest BCUT2D eigenvalue weighted by molar-refractivity contribution is 0.0847. The van der Waals surface area contributed by atoms with Crippen molar-refractivity contribution in [3.05, 3.63) is 12.2 Å². The van der Waals surface area contributed by atoms with Crippen LogP contribution in [0, 0.1) is 0 Å². The van der Waals surface area contributed by atoms with E-state index < -0.39 is 0 Å². The van der Waals surface area contributed by atoms with E-state index in [0.717, 1.165) is 36.7 Å². The van der Waals surface area contributed by atoms with Crippen molar-refractivity contribution >= 4 is 31.9 Å². The van der Waals surface area contributed by atoms with Gasteiger partial charge in [-0.2, -0.15) is 0 Å². The topological polar surface area (TPSA) is 18.5 Å². The Balaban J connectivity index is 3.51. The standard InChI is InChI=1S/C14H26Br2O2/c1-13(17-11-5-3-9-15)7-8-14(2)18-12-6-4-10-16/h7-8,13-14H,3-6,9-12H2,1-2H3. The molecule has 0 radical (unpaired) electrons. The highest BCUT2D eigenvalue weighted by atomic mass is 79.9. The maximum Gasteiger partial charge on any atom is 0.0728 e. The number of rotatable bonds is 12. The minimum absolute atomic E-state index is 0.175. The predicted molar refractivity (Wildman–Crippen MR) is 86.0 cm³/mol. The molecule has 0 aromatic carbocycles. The zero-order valence-corrected chi connectivity index (χ0v) is 14.7. The molecule has 0 N–H and O–H groups in total. The summed E-state index contributed by atoms with van der Waals surface area (Å²) >= 11 is 6.82.